The predicted molar refractivity (Wildman–Crippen MR) is 109 cm³/mol. The minimum absolute atomic E-state index is 0.0100. The van der Waals surface area contributed by atoms with Gasteiger partial charge in [-0.2, -0.15) is 0 Å². The van der Waals surface area contributed by atoms with Gasteiger partial charge in [0.05, 0.1) is 15.6 Å². The lowest BCUT2D eigenvalue weighted by Gasteiger charge is -2.37. The number of non-ortho nitro benzene ring substituents is 1. The highest BCUT2D eigenvalue weighted by atomic mass is 35.5. The predicted octanol–water partition coefficient (Wildman–Crippen LogP) is 4.05. The second kappa shape index (κ2) is 7.80. The molecule has 0 aliphatic carbocycles. The third-order valence-corrected chi connectivity index (χ3v) is 6.07. The fourth-order valence-corrected chi connectivity index (χ4v) is 4.47. The quantitative estimate of drug-likeness (QED) is 0.576. The first-order valence-corrected chi connectivity index (χ1v) is 9.95. The molecule has 2 aliphatic heterocycles. The van der Waals surface area contributed by atoms with E-state index in [0.717, 1.165) is 44.6 Å². The number of nitrogens with zero attached hydrogens (tertiary/aromatic N) is 3. The highest BCUT2D eigenvalue weighted by Crippen LogP contribution is 2.33. The number of benzene rings is 2. The minimum atomic E-state index is -0.447. The van der Waals surface area contributed by atoms with Crippen LogP contribution in [0.5, 0.6) is 0 Å². The van der Waals surface area contributed by atoms with Crippen molar-refractivity contribution in [1.29, 1.82) is 0 Å². The maximum Gasteiger partial charge on any atom is 0.271 e. The normalized spacial score (nSPS) is 17.3. The summed E-state index contributed by atoms with van der Waals surface area (Å²) in [6.07, 6.45) is 2.45. The number of nitro benzene ring substituents is 1. The third kappa shape index (κ3) is 3.69. The van der Waals surface area contributed by atoms with Crippen molar-refractivity contribution in [3.05, 3.63) is 68.7 Å². The number of carbonyl (C=O) groups is 1. The van der Waals surface area contributed by atoms with Crippen molar-refractivity contribution < 1.29 is 9.72 Å². The molecule has 2 heterocycles. The first-order valence-electron chi connectivity index (χ1n) is 9.57. The molecule has 146 valence electrons. The Morgan fingerprint density at radius 3 is 2.46 bits per heavy atom. The number of hydrogen-bond acceptors (Lipinski definition) is 4. The van der Waals surface area contributed by atoms with Gasteiger partial charge in [0.15, 0.2) is 0 Å². The van der Waals surface area contributed by atoms with Crippen molar-refractivity contribution in [2.45, 2.75) is 25.8 Å². The van der Waals surface area contributed by atoms with Gasteiger partial charge in [-0.15, -0.1) is 0 Å². The van der Waals surface area contributed by atoms with Crippen LogP contribution in [0, 0.1) is 16.0 Å². The second-order valence-corrected chi connectivity index (χ2v) is 7.84. The van der Waals surface area contributed by atoms with E-state index in [-0.39, 0.29) is 17.5 Å². The van der Waals surface area contributed by atoms with Crippen LogP contribution in [0.25, 0.3) is 0 Å². The van der Waals surface area contributed by atoms with Gasteiger partial charge in [-0.3, -0.25) is 14.9 Å². The Kier molecular flexibility index (Phi) is 5.22. The van der Waals surface area contributed by atoms with Crippen LogP contribution in [0.1, 0.15) is 24.0 Å². The van der Waals surface area contributed by atoms with Gasteiger partial charge in [-0.05, 0) is 36.5 Å². The summed E-state index contributed by atoms with van der Waals surface area (Å²) in [5, 5.41) is 11.3. The van der Waals surface area contributed by atoms with Crippen LogP contribution in [-0.2, 0) is 17.8 Å². The zero-order valence-corrected chi connectivity index (χ0v) is 16.3. The number of rotatable bonds is 3. The molecular weight excluding hydrogens is 378 g/mol. The van der Waals surface area contributed by atoms with E-state index in [1.807, 2.05) is 11.0 Å². The number of piperidine rings is 1. The Bertz CT molecular complexity index is 910. The Balaban J connectivity index is 1.38. The molecule has 1 amide bonds. The van der Waals surface area contributed by atoms with Crippen LogP contribution in [0.3, 0.4) is 0 Å². The monoisotopic (exact) mass is 399 g/mol. The van der Waals surface area contributed by atoms with Crippen LogP contribution in [0.2, 0.25) is 5.02 Å². The van der Waals surface area contributed by atoms with Crippen molar-refractivity contribution in [3.8, 4) is 0 Å². The van der Waals surface area contributed by atoms with Crippen molar-refractivity contribution in [1.82, 2.24) is 4.90 Å². The van der Waals surface area contributed by atoms with Crippen molar-refractivity contribution >= 4 is 28.9 Å². The molecule has 0 aromatic heterocycles. The molecule has 7 heteroatoms. The first kappa shape index (κ1) is 18.7. The number of nitro groups is 1. The lowest BCUT2D eigenvalue weighted by atomic mass is 9.92. The zero-order chi connectivity index (χ0) is 19.7. The highest BCUT2D eigenvalue weighted by Gasteiger charge is 2.31. The molecule has 0 unspecified atom stereocenters. The van der Waals surface area contributed by atoms with Crippen LogP contribution in [0.15, 0.2) is 42.5 Å². The molecule has 6 nitrogen and oxygen atoms in total. The Hall–Kier alpha value is -2.60. The summed E-state index contributed by atoms with van der Waals surface area (Å²) in [7, 11) is 0. The van der Waals surface area contributed by atoms with Gasteiger partial charge in [0, 0.05) is 44.2 Å². The largest absolute Gasteiger partial charge is 0.370 e. The molecule has 1 fully saturated rings. The average molecular weight is 400 g/mol. The summed E-state index contributed by atoms with van der Waals surface area (Å²) in [4.78, 5) is 27.5. The molecular formula is C21H22ClN3O3. The molecule has 2 aromatic rings. The number of amides is 1. The number of anilines is 1. The average Bonchev–Trinajstić information content (AvgIpc) is 2.73. The summed E-state index contributed by atoms with van der Waals surface area (Å²) in [5.74, 6) is 0.266. The molecule has 2 aliphatic rings. The molecule has 0 saturated carbocycles. The maximum atomic E-state index is 13.0. The van der Waals surface area contributed by atoms with E-state index >= 15 is 0 Å². The fraction of sp³-hybridized carbons (Fsp3) is 0.381. The van der Waals surface area contributed by atoms with Crippen molar-refractivity contribution in [2.24, 2.45) is 5.92 Å². The van der Waals surface area contributed by atoms with Crippen LogP contribution in [0.4, 0.5) is 11.4 Å². The van der Waals surface area contributed by atoms with Crippen LogP contribution in [-0.4, -0.2) is 35.4 Å². The van der Waals surface area contributed by atoms with Crippen LogP contribution >= 0.6 is 11.6 Å². The lowest BCUT2D eigenvalue weighted by molar-refractivity contribution is -0.384. The summed E-state index contributed by atoms with van der Waals surface area (Å²) < 4.78 is 0. The van der Waals surface area contributed by atoms with E-state index < -0.39 is 4.92 Å². The van der Waals surface area contributed by atoms with Gasteiger partial charge in [0.1, 0.15) is 0 Å². The number of fused-ring (bicyclic) bond motifs is 1. The summed E-state index contributed by atoms with van der Waals surface area (Å²) in [5.41, 5.74) is 3.38. The van der Waals surface area contributed by atoms with Gasteiger partial charge < -0.3 is 9.80 Å². The molecule has 28 heavy (non-hydrogen) atoms. The molecule has 0 atom stereocenters. The van der Waals surface area contributed by atoms with Crippen LogP contribution < -0.4 is 4.90 Å². The minimum Gasteiger partial charge on any atom is -0.370 e. The highest BCUT2D eigenvalue weighted by molar-refractivity contribution is 6.33. The van der Waals surface area contributed by atoms with Crippen molar-refractivity contribution in [2.75, 3.05) is 24.5 Å². The SMILES string of the molecule is O=C(C1CCN(c2ccc([N+](=O)[O-])cc2Cl)CC1)N1CCc2ccccc2C1. The third-order valence-electron chi connectivity index (χ3n) is 5.77. The number of hydrogen-bond donors (Lipinski definition) is 0. The standard InChI is InChI=1S/C21H22ClN3O3/c22-19-13-18(25(27)28)5-6-20(19)23-10-8-16(9-11-23)21(26)24-12-7-15-3-1-2-4-17(15)14-24/h1-6,13,16H,7-12,14H2. The summed E-state index contributed by atoms with van der Waals surface area (Å²) >= 11 is 6.25. The maximum absolute atomic E-state index is 13.0. The Morgan fingerprint density at radius 2 is 1.79 bits per heavy atom. The zero-order valence-electron chi connectivity index (χ0n) is 15.5. The van der Waals surface area contributed by atoms with Gasteiger partial charge in [0.25, 0.3) is 5.69 Å². The van der Waals surface area contributed by atoms with E-state index in [2.05, 4.69) is 23.1 Å². The molecule has 0 spiro atoms. The number of halogens is 1. The van der Waals surface area contributed by atoms with Gasteiger partial charge >= 0.3 is 0 Å². The fourth-order valence-electron chi connectivity index (χ4n) is 4.18. The summed E-state index contributed by atoms with van der Waals surface area (Å²) in [6.45, 7) is 2.92. The smallest absolute Gasteiger partial charge is 0.271 e. The topological polar surface area (TPSA) is 66.7 Å². The molecule has 1 saturated heterocycles. The van der Waals surface area contributed by atoms with E-state index in [1.54, 1.807) is 6.07 Å². The van der Waals surface area contributed by atoms with Gasteiger partial charge in [-0.1, -0.05) is 35.9 Å². The van der Waals surface area contributed by atoms with Gasteiger partial charge in [-0.25, -0.2) is 0 Å². The van der Waals surface area contributed by atoms with Crippen molar-refractivity contribution in [3.63, 3.8) is 0 Å². The van der Waals surface area contributed by atoms with E-state index in [9.17, 15) is 14.9 Å². The van der Waals surface area contributed by atoms with E-state index in [1.165, 1.54) is 23.3 Å². The lowest BCUT2D eigenvalue weighted by Crippen LogP contribution is -2.44. The van der Waals surface area contributed by atoms with Gasteiger partial charge in [0.2, 0.25) is 5.91 Å². The molecule has 0 N–H and O–H groups in total. The Labute approximate surface area is 168 Å². The molecule has 0 radical (unpaired) electrons. The molecule has 4 rings (SSSR count). The number of carbonyl (C=O) groups excluding carboxylic acids is 1. The summed E-state index contributed by atoms with van der Waals surface area (Å²) in [6, 6.07) is 12.9. The van der Waals surface area contributed by atoms with E-state index in [4.69, 9.17) is 11.6 Å². The first-order chi connectivity index (χ1) is 13.5. The molecule has 2 aromatic carbocycles. The molecule has 0 bridgehead atoms. The Morgan fingerprint density at radius 1 is 1.07 bits per heavy atom. The van der Waals surface area contributed by atoms with E-state index in [0.29, 0.717) is 11.6 Å². The second-order valence-electron chi connectivity index (χ2n) is 7.43.